The number of hydrogen-bond donors (Lipinski definition) is 0. The Bertz CT molecular complexity index is 548. The van der Waals surface area contributed by atoms with E-state index in [1.807, 2.05) is 12.1 Å². The zero-order valence-electron chi connectivity index (χ0n) is 9.43. The monoisotopic (exact) mass is 392 g/mol. The van der Waals surface area contributed by atoms with Crippen molar-refractivity contribution in [2.75, 3.05) is 0 Å². The van der Waals surface area contributed by atoms with Crippen molar-refractivity contribution in [1.82, 2.24) is 0 Å². The fraction of sp³-hybridized carbons (Fsp3) is 0.231. The molecule has 0 aliphatic carbocycles. The molecule has 1 heterocycles. The molecule has 0 amide bonds. The van der Waals surface area contributed by atoms with E-state index in [1.54, 1.807) is 11.3 Å². The molecule has 0 saturated heterocycles. The van der Waals surface area contributed by atoms with Crippen molar-refractivity contribution >= 4 is 54.8 Å². The third-order valence-corrected chi connectivity index (χ3v) is 5.22. The van der Waals surface area contributed by atoms with Crippen LogP contribution in [0.25, 0.3) is 0 Å². The molecule has 1 atom stereocenters. The molecule has 4 heteroatoms. The quantitative estimate of drug-likeness (QED) is 0.531. The van der Waals surface area contributed by atoms with E-state index in [-0.39, 0.29) is 5.38 Å². The van der Waals surface area contributed by atoms with Gasteiger partial charge in [-0.1, -0.05) is 37.9 Å². The van der Waals surface area contributed by atoms with Crippen LogP contribution in [0.15, 0.2) is 33.2 Å². The first kappa shape index (κ1) is 13.6. The molecule has 0 fully saturated rings. The number of aryl methyl sites for hydroxylation is 2. The largest absolute Gasteiger partial charge is 0.146 e. The summed E-state index contributed by atoms with van der Waals surface area (Å²) in [5.74, 6) is 0. The molecule has 0 bridgehead atoms. The van der Waals surface area contributed by atoms with Crippen molar-refractivity contribution in [3.05, 3.63) is 54.1 Å². The summed E-state index contributed by atoms with van der Waals surface area (Å²) in [6.45, 7) is 4.23. The van der Waals surface area contributed by atoms with Gasteiger partial charge in [0.2, 0.25) is 0 Å². The SMILES string of the molecule is Cc1cc(C(Cl)c2ccc(Br)cc2Br)c(C)s1. The molecular weight excluding hydrogens is 383 g/mol. The summed E-state index contributed by atoms with van der Waals surface area (Å²) < 4.78 is 2.09. The second-order valence-electron chi connectivity index (χ2n) is 3.90. The normalized spacial score (nSPS) is 12.8. The van der Waals surface area contributed by atoms with Crippen LogP contribution in [-0.2, 0) is 0 Å². The van der Waals surface area contributed by atoms with Gasteiger partial charge in [-0.25, -0.2) is 0 Å². The molecule has 0 saturated carbocycles. The molecule has 1 unspecified atom stereocenters. The minimum absolute atomic E-state index is 0.0950. The van der Waals surface area contributed by atoms with E-state index in [0.29, 0.717) is 0 Å². The van der Waals surface area contributed by atoms with Crippen molar-refractivity contribution in [1.29, 1.82) is 0 Å². The van der Waals surface area contributed by atoms with Crippen LogP contribution < -0.4 is 0 Å². The first-order chi connectivity index (χ1) is 7.99. The molecule has 0 aliphatic heterocycles. The average Bonchev–Trinajstić information content (AvgIpc) is 2.57. The maximum absolute atomic E-state index is 6.57. The zero-order chi connectivity index (χ0) is 12.6. The molecule has 17 heavy (non-hydrogen) atoms. The highest BCUT2D eigenvalue weighted by Crippen LogP contribution is 2.38. The molecule has 0 aliphatic rings. The Morgan fingerprint density at radius 2 is 1.82 bits per heavy atom. The average molecular weight is 395 g/mol. The van der Waals surface area contributed by atoms with Gasteiger partial charge in [0.25, 0.3) is 0 Å². The maximum Gasteiger partial charge on any atom is 0.0857 e. The summed E-state index contributed by atoms with van der Waals surface area (Å²) in [4.78, 5) is 2.59. The number of hydrogen-bond acceptors (Lipinski definition) is 1. The van der Waals surface area contributed by atoms with Gasteiger partial charge in [-0.05, 0) is 43.2 Å². The van der Waals surface area contributed by atoms with Gasteiger partial charge in [0.1, 0.15) is 0 Å². The lowest BCUT2D eigenvalue weighted by atomic mass is 10.1. The third kappa shape index (κ3) is 2.95. The lowest BCUT2D eigenvalue weighted by Gasteiger charge is -2.12. The van der Waals surface area contributed by atoms with Crippen LogP contribution in [0, 0.1) is 13.8 Å². The summed E-state index contributed by atoms with van der Waals surface area (Å²) in [5.41, 5.74) is 2.31. The van der Waals surface area contributed by atoms with Gasteiger partial charge >= 0.3 is 0 Å². The van der Waals surface area contributed by atoms with E-state index in [2.05, 4.69) is 57.8 Å². The minimum atomic E-state index is -0.0950. The fourth-order valence-electron chi connectivity index (χ4n) is 1.78. The van der Waals surface area contributed by atoms with Gasteiger partial charge in [-0.3, -0.25) is 0 Å². The zero-order valence-corrected chi connectivity index (χ0v) is 14.2. The molecule has 2 rings (SSSR count). The number of halogens is 3. The van der Waals surface area contributed by atoms with E-state index in [0.717, 1.165) is 14.5 Å². The van der Waals surface area contributed by atoms with Gasteiger partial charge in [0, 0.05) is 18.7 Å². The molecule has 90 valence electrons. The molecule has 1 aromatic carbocycles. The molecule has 0 N–H and O–H groups in total. The number of alkyl halides is 1. The Labute approximate surface area is 127 Å². The fourth-order valence-corrected chi connectivity index (χ4v) is 4.63. The lowest BCUT2D eigenvalue weighted by molar-refractivity contribution is 1.12. The summed E-state index contributed by atoms with van der Waals surface area (Å²) >= 11 is 15.4. The van der Waals surface area contributed by atoms with Crippen LogP contribution in [0.2, 0.25) is 0 Å². The molecule has 0 spiro atoms. The summed E-state index contributed by atoms with van der Waals surface area (Å²) in [6.07, 6.45) is 0. The lowest BCUT2D eigenvalue weighted by Crippen LogP contribution is -1.94. The van der Waals surface area contributed by atoms with E-state index in [1.165, 1.54) is 15.3 Å². The van der Waals surface area contributed by atoms with Crippen LogP contribution in [0.3, 0.4) is 0 Å². The van der Waals surface area contributed by atoms with Crippen molar-refractivity contribution in [2.45, 2.75) is 19.2 Å². The molecule has 1 aromatic heterocycles. The smallest absolute Gasteiger partial charge is 0.0857 e. The van der Waals surface area contributed by atoms with Crippen molar-refractivity contribution in [3.63, 3.8) is 0 Å². The third-order valence-electron chi connectivity index (χ3n) is 2.59. The van der Waals surface area contributed by atoms with Crippen molar-refractivity contribution in [3.8, 4) is 0 Å². The van der Waals surface area contributed by atoms with Gasteiger partial charge in [0.15, 0.2) is 0 Å². The Kier molecular flexibility index (Phi) is 4.35. The van der Waals surface area contributed by atoms with E-state index < -0.39 is 0 Å². The summed E-state index contributed by atoms with van der Waals surface area (Å²) in [6, 6.07) is 8.27. The summed E-state index contributed by atoms with van der Waals surface area (Å²) in [7, 11) is 0. The molecule has 0 nitrogen and oxygen atoms in total. The van der Waals surface area contributed by atoms with Crippen LogP contribution >= 0.6 is 54.8 Å². The minimum Gasteiger partial charge on any atom is -0.146 e. The Balaban J connectivity index is 2.43. The molecule has 0 radical (unpaired) electrons. The molecular formula is C13H11Br2ClS. The summed E-state index contributed by atoms with van der Waals surface area (Å²) in [5, 5.41) is -0.0950. The van der Waals surface area contributed by atoms with Crippen molar-refractivity contribution in [2.24, 2.45) is 0 Å². The standard InChI is InChI=1S/C13H11Br2ClS/c1-7-5-11(8(2)17-7)13(16)10-4-3-9(14)6-12(10)15/h3-6,13H,1-2H3. The van der Waals surface area contributed by atoms with E-state index >= 15 is 0 Å². The van der Waals surface area contributed by atoms with Crippen LogP contribution in [0.4, 0.5) is 0 Å². The molecule has 2 aromatic rings. The maximum atomic E-state index is 6.57. The van der Waals surface area contributed by atoms with Gasteiger partial charge in [-0.15, -0.1) is 22.9 Å². The van der Waals surface area contributed by atoms with Gasteiger partial charge in [0.05, 0.1) is 5.38 Å². The highest BCUT2D eigenvalue weighted by molar-refractivity contribution is 9.11. The van der Waals surface area contributed by atoms with Crippen LogP contribution in [-0.4, -0.2) is 0 Å². The number of benzene rings is 1. The van der Waals surface area contributed by atoms with Crippen LogP contribution in [0.1, 0.15) is 26.3 Å². The van der Waals surface area contributed by atoms with E-state index in [9.17, 15) is 0 Å². The van der Waals surface area contributed by atoms with Crippen molar-refractivity contribution < 1.29 is 0 Å². The predicted octanol–water partition coefficient (Wildman–Crippen LogP) is 6.22. The van der Waals surface area contributed by atoms with Gasteiger partial charge < -0.3 is 0 Å². The van der Waals surface area contributed by atoms with Gasteiger partial charge in [-0.2, -0.15) is 0 Å². The van der Waals surface area contributed by atoms with Crippen LogP contribution in [0.5, 0.6) is 0 Å². The predicted molar refractivity (Wildman–Crippen MR) is 83.3 cm³/mol. The first-order valence-corrected chi connectivity index (χ1v) is 7.99. The Hall–Kier alpha value is 0.170. The highest BCUT2D eigenvalue weighted by atomic mass is 79.9. The van der Waals surface area contributed by atoms with E-state index in [4.69, 9.17) is 11.6 Å². The topological polar surface area (TPSA) is 0 Å². The Morgan fingerprint density at radius 3 is 2.35 bits per heavy atom. The highest BCUT2D eigenvalue weighted by Gasteiger charge is 2.17. The second kappa shape index (κ2) is 5.43. The number of thiophene rings is 1. The number of rotatable bonds is 2. The Morgan fingerprint density at radius 1 is 1.12 bits per heavy atom. The first-order valence-electron chi connectivity index (χ1n) is 5.15. The second-order valence-corrected chi connectivity index (χ2v) is 7.56.